The molecule has 11 heteroatoms. The second-order valence-electron chi connectivity index (χ2n) is 9.76. The number of aromatic nitrogens is 2. The molecule has 202 valence electrons. The Morgan fingerprint density at radius 1 is 1.05 bits per heavy atom. The monoisotopic (exact) mass is 564 g/mol. The molecule has 3 heterocycles. The molecule has 0 N–H and O–H groups in total. The van der Waals surface area contributed by atoms with Crippen molar-refractivity contribution in [1.29, 1.82) is 0 Å². The quantitative estimate of drug-likeness (QED) is 0.303. The summed E-state index contributed by atoms with van der Waals surface area (Å²) in [5.74, 6) is 0.986. The Morgan fingerprint density at radius 2 is 1.79 bits per heavy atom. The van der Waals surface area contributed by atoms with Crippen molar-refractivity contribution >= 4 is 42.6 Å². The SMILES string of the molecule is CN(C1CCCCC1)S(=O)(=O)c1ccc(C(=O)N(Cc2cccnc2)c2nc3cc4c(cc3s2)OCO4)cc1. The van der Waals surface area contributed by atoms with Crippen LogP contribution in [0.15, 0.2) is 65.8 Å². The van der Waals surface area contributed by atoms with Gasteiger partial charge in [-0.25, -0.2) is 13.4 Å². The van der Waals surface area contributed by atoms with Crippen LogP contribution in [-0.2, 0) is 16.6 Å². The zero-order valence-electron chi connectivity index (χ0n) is 21.4. The number of hydrogen-bond donors (Lipinski definition) is 0. The van der Waals surface area contributed by atoms with Crippen LogP contribution in [0, 0.1) is 0 Å². The van der Waals surface area contributed by atoms with Crippen LogP contribution >= 0.6 is 11.3 Å². The maximum absolute atomic E-state index is 13.8. The minimum Gasteiger partial charge on any atom is -0.454 e. The first-order chi connectivity index (χ1) is 18.9. The van der Waals surface area contributed by atoms with E-state index in [2.05, 4.69) is 4.98 Å². The summed E-state index contributed by atoms with van der Waals surface area (Å²) in [6, 6.07) is 13.6. The molecule has 2 aromatic heterocycles. The number of benzene rings is 2. The molecule has 1 amide bonds. The second-order valence-corrected chi connectivity index (χ2v) is 12.8. The van der Waals surface area contributed by atoms with E-state index < -0.39 is 10.0 Å². The number of sulfonamides is 1. The van der Waals surface area contributed by atoms with Crippen molar-refractivity contribution in [2.45, 2.75) is 49.6 Å². The van der Waals surface area contributed by atoms with Crippen molar-refractivity contribution in [3.05, 3.63) is 72.1 Å². The fourth-order valence-corrected chi connectivity index (χ4v) is 7.44. The number of carbonyl (C=O) groups is 1. The highest BCUT2D eigenvalue weighted by Crippen LogP contribution is 2.40. The van der Waals surface area contributed by atoms with Gasteiger partial charge in [0.05, 0.1) is 21.7 Å². The maximum atomic E-state index is 13.8. The Hall–Kier alpha value is -3.54. The Balaban J connectivity index is 1.30. The molecular weight excluding hydrogens is 536 g/mol. The van der Waals surface area contributed by atoms with Gasteiger partial charge in [0.15, 0.2) is 16.6 Å². The van der Waals surface area contributed by atoms with Crippen molar-refractivity contribution in [3.8, 4) is 11.5 Å². The van der Waals surface area contributed by atoms with Gasteiger partial charge in [0.2, 0.25) is 16.8 Å². The lowest BCUT2D eigenvalue weighted by Gasteiger charge is -2.30. The van der Waals surface area contributed by atoms with Crippen LogP contribution in [0.25, 0.3) is 10.2 Å². The van der Waals surface area contributed by atoms with Crippen LogP contribution < -0.4 is 14.4 Å². The summed E-state index contributed by atoms with van der Waals surface area (Å²) in [7, 11) is -2.01. The minimum atomic E-state index is -3.66. The van der Waals surface area contributed by atoms with Gasteiger partial charge in [0.25, 0.3) is 5.91 Å². The summed E-state index contributed by atoms with van der Waals surface area (Å²) in [6.07, 6.45) is 8.37. The largest absolute Gasteiger partial charge is 0.454 e. The maximum Gasteiger partial charge on any atom is 0.260 e. The normalized spacial score (nSPS) is 15.6. The first-order valence-corrected chi connectivity index (χ1v) is 15.1. The molecule has 6 rings (SSSR count). The highest BCUT2D eigenvalue weighted by molar-refractivity contribution is 7.89. The fraction of sp³-hybridized carbons (Fsp3) is 0.321. The Kier molecular flexibility index (Phi) is 6.96. The van der Waals surface area contributed by atoms with Crippen molar-refractivity contribution in [3.63, 3.8) is 0 Å². The molecule has 0 bridgehead atoms. The topological polar surface area (TPSA) is 102 Å². The van der Waals surface area contributed by atoms with Crippen LogP contribution in [0.1, 0.15) is 48.0 Å². The highest BCUT2D eigenvalue weighted by atomic mass is 32.2. The van der Waals surface area contributed by atoms with E-state index in [1.807, 2.05) is 24.3 Å². The van der Waals surface area contributed by atoms with Crippen molar-refractivity contribution in [1.82, 2.24) is 14.3 Å². The van der Waals surface area contributed by atoms with E-state index in [-0.39, 0.29) is 30.2 Å². The summed E-state index contributed by atoms with van der Waals surface area (Å²) in [4.78, 5) is 24.5. The van der Waals surface area contributed by atoms with Gasteiger partial charge in [0.1, 0.15) is 0 Å². The van der Waals surface area contributed by atoms with E-state index in [1.165, 1.54) is 27.8 Å². The predicted molar refractivity (Wildman–Crippen MR) is 149 cm³/mol. The van der Waals surface area contributed by atoms with Crippen LogP contribution in [0.3, 0.4) is 0 Å². The number of carbonyl (C=O) groups excluding carboxylic acids is 1. The number of hydrogen-bond acceptors (Lipinski definition) is 8. The zero-order chi connectivity index (χ0) is 27.0. The Morgan fingerprint density at radius 3 is 2.51 bits per heavy atom. The van der Waals surface area contributed by atoms with Gasteiger partial charge >= 0.3 is 0 Å². The Bertz CT molecular complexity index is 1560. The van der Waals surface area contributed by atoms with Crippen molar-refractivity contribution < 1.29 is 22.7 Å². The molecule has 2 aliphatic rings. The standard InChI is InChI=1S/C28H28N4O5S2/c1-31(21-7-3-2-4-8-21)39(34,35)22-11-9-20(10-12-22)27(33)32(17-19-6-5-13-29-16-19)28-30-23-14-24-25(37-18-36-24)15-26(23)38-28/h5-6,9-16,21H,2-4,7-8,17-18H2,1H3. The lowest BCUT2D eigenvalue weighted by Crippen LogP contribution is -2.38. The number of rotatable bonds is 7. The number of thiazole rings is 1. The first-order valence-electron chi connectivity index (χ1n) is 12.9. The third-order valence-electron chi connectivity index (χ3n) is 7.28. The third kappa shape index (κ3) is 5.09. The molecule has 1 aliphatic heterocycles. The molecule has 1 fully saturated rings. The summed E-state index contributed by atoms with van der Waals surface area (Å²) < 4.78 is 39.9. The van der Waals surface area contributed by atoms with Crippen LogP contribution in [0.4, 0.5) is 5.13 Å². The molecule has 0 saturated heterocycles. The fourth-order valence-electron chi connectivity index (χ4n) is 5.05. The molecule has 39 heavy (non-hydrogen) atoms. The summed E-state index contributed by atoms with van der Waals surface area (Å²) >= 11 is 1.38. The first kappa shape index (κ1) is 25.7. The van der Waals surface area contributed by atoms with Gasteiger partial charge in [-0.3, -0.25) is 14.7 Å². The van der Waals surface area contributed by atoms with Crippen LogP contribution in [0.2, 0.25) is 0 Å². The molecule has 0 atom stereocenters. The lowest BCUT2D eigenvalue weighted by atomic mass is 9.96. The Labute approximate surface area is 231 Å². The minimum absolute atomic E-state index is 0.0104. The molecule has 4 aromatic rings. The van der Waals surface area contributed by atoms with E-state index in [1.54, 1.807) is 36.5 Å². The van der Waals surface area contributed by atoms with Gasteiger partial charge in [-0.1, -0.05) is 36.7 Å². The third-order valence-corrected chi connectivity index (χ3v) is 10.2. The predicted octanol–water partition coefficient (Wildman–Crippen LogP) is 5.22. The number of fused-ring (bicyclic) bond motifs is 2. The van der Waals surface area contributed by atoms with Gasteiger partial charge in [-0.05, 0) is 48.7 Å². The van der Waals surface area contributed by atoms with E-state index in [9.17, 15) is 13.2 Å². The summed E-state index contributed by atoms with van der Waals surface area (Å²) in [5.41, 5.74) is 1.91. The highest BCUT2D eigenvalue weighted by Gasteiger charge is 2.30. The average Bonchev–Trinajstić information content (AvgIpc) is 3.61. The van der Waals surface area contributed by atoms with Gasteiger partial charge in [-0.2, -0.15) is 4.31 Å². The number of nitrogens with zero attached hydrogens (tertiary/aromatic N) is 4. The molecule has 0 spiro atoms. The lowest BCUT2D eigenvalue weighted by molar-refractivity contribution is 0.0985. The van der Waals surface area contributed by atoms with Crippen molar-refractivity contribution in [2.75, 3.05) is 18.7 Å². The van der Waals surface area contributed by atoms with Gasteiger partial charge in [0, 0.05) is 43.2 Å². The summed E-state index contributed by atoms with van der Waals surface area (Å²) in [6.45, 7) is 0.428. The summed E-state index contributed by atoms with van der Waals surface area (Å²) in [5, 5.41) is 0.510. The number of amides is 1. The molecular formula is C28H28N4O5S2. The number of ether oxygens (including phenoxy) is 2. The van der Waals surface area contributed by atoms with E-state index in [0.29, 0.717) is 27.7 Å². The van der Waals surface area contributed by atoms with Gasteiger partial charge in [-0.15, -0.1) is 0 Å². The van der Waals surface area contributed by atoms with E-state index in [0.717, 1.165) is 42.4 Å². The number of pyridine rings is 1. The molecule has 0 radical (unpaired) electrons. The molecule has 0 unspecified atom stereocenters. The molecule has 1 saturated carbocycles. The zero-order valence-corrected chi connectivity index (χ0v) is 23.1. The number of anilines is 1. The van der Waals surface area contributed by atoms with Gasteiger partial charge < -0.3 is 9.47 Å². The van der Waals surface area contributed by atoms with E-state index >= 15 is 0 Å². The molecule has 2 aromatic carbocycles. The smallest absolute Gasteiger partial charge is 0.260 e. The molecule has 9 nitrogen and oxygen atoms in total. The van der Waals surface area contributed by atoms with Crippen LogP contribution in [0.5, 0.6) is 11.5 Å². The average molecular weight is 565 g/mol. The second kappa shape index (κ2) is 10.6. The van der Waals surface area contributed by atoms with E-state index in [4.69, 9.17) is 14.5 Å². The van der Waals surface area contributed by atoms with Crippen molar-refractivity contribution in [2.24, 2.45) is 0 Å². The molecule has 1 aliphatic carbocycles. The van der Waals surface area contributed by atoms with Crippen LogP contribution in [-0.4, -0.2) is 48.5 Å².